The number of halogens is 2. The molecule has 7 rings (SSSR count). The molecule has 5 aromatic carbocycles. The van der Waals surface area contributed by atoms with Crippen molar-refractivity contribution < 1.29 is 38.8 Å². The van der Waals surface area contributed by atoms with E-state index in [9.17, 15) is 18.7 Å². The molecule has 0 spiro atoms. The normalized spacial score (nSPS) is 13.5. The molecule has 0 unspecified atom stereocenters. The van der Waals surface area contributed by atoms with Crippen LogP contribution in [0.1, 0.15) is 78.4 Å². The number of allylic oxidation sites excluding steroid dienone is 2. The predicted octanol–water partition coefficient (Wildman–Crippen LogP) is 11.9. The molecule has 255 valence electrons. The smallest absolute Gasteiger partial charge is 0.162 e. The number of ketones is 1. The molecule has 0 amide bonds. The monoisotopic (exact) mass is 835 g/mol. The molecule has 6 aromatic rings. The van der Waals surface area contributed by atoms with Gasteiger partial charge in [-0.3, -0.25) is 9.78 Å². The number of hydrogen-bond acceptors (Lipinski definition) is 3. The average Bonchev–Trinajstić information content (AvgIpc) is 3.08. The molecule has 0 saturated carbocycles. The van der Waals surface area contributed by atoms with Crippen LogP contribution < -0.4 is 0 Å². The summed E-state index contributed by atoms with van der Waals surface area (Å²) in [7, 11) is 0. The number of nitrogens with zero attached hydrogens (tertiary/aromatic N) is 1. The van der Waals surface area contributed by atoms with Crippen LogP contribution in [0.5, 0.6) is 0 Å². The zero-order chi connectivity index (χ0) is 34.3. The van der Waals surface area contributed by atoms with E-state index >= 15 is 0 Å². The van der Waals surface area contributed by atoms with Crippen LogP contribution in [-0.4, -0.2) is 15.9 Å². The van der Waals surface area contributed by atoms with E-state index < -0.39 is 11.6 Å². The summed E-state index contributed by atoms with van der Waals surface area (Å²) >= 11 is 0. The summed E-state index contributed by atoms with van der Waals surface area (Å²) in [6, 6.07) is 24.8. The number of fused-ring (bicyclic) bond motifs is 7. The van der Waals surface area contributed by atoms with E-state index in [1.165, 1.54) is 23.8 Å². The van der Waals surface area contributed by atoms with Crippen molar-refractivity contribution >= 4 is 48.9 Å². The van der Waals surface area contributed by atoms with Crippen LogP contribution in [0.2, 0.25) is 0 Å². The molecule has 0 aliphatic heterocycles. The first-order chi connectivity index (χ1) is 23.0. The molecule has 1 radical (unpaired) electrons. The van der Waals surface area contributed by atoms with E-state index in [4.69, 9.17) is 4.98 Å². The Morgan fingerprint density at radius 2 is 1.47 bits per heavy atom. The third kappa shape index (κ3) is 6.42. The summed E-state index contributed by atoms with van der Waals surface area (Å²) < 4.78 is 28.2. The van der Waals surface area contributed by atoms with Crippen LogP contribution in [0.4, 0.5) is 8.78 Å². The fourth-order valence-corrected chi connectivity index (χ4v) is 7.36. The second-order valence-corrected chi connectivity index (χ2v) is 13.4. The topological polar surface area (TPSA) is 50.2 Å². The van der Waals surface area contributed by atoms with Crippen molar-refractivity contribution in [1.29, 1.82) is 0 Å². The first kappa shape index (κ1) is 36.3. The van der Waals surface area contributed by atoms with Gasteiger partial charge in [-0.2, -0.15) is 0 Å². The van der Waals surface area contributed by atoms with Crippen LogP contribution in [0.25, 0.3) is 54.3 Å². The van der Waals surface area contributed by atoms with Crippen molar-refractivity contribution in [1.82, 2.24) is 4.98 Å². The van der Waals surface area contributed by atoms with Crippen LogP contribution in [0, 0.1) is 29.5 Å². The molecule has 6 heteroatoms. The summed E-state index contributed by atoms with van der Waals surface area (Å²) in [5.41, 5.74) is 3.95. The number of aliphatic hydroxyl groups is 1. The van der Waals surface area contributed by atoms with Gasteiger partial charge in [0.15, 0.2) is 17.4 Å². The van der Waals surface area contributed by atoms with E-state index in [0.29, 0.717) is 5.39 Å². The summed E-state index contributed by atoms with van der Waals surface area (Å²) in [6.45, 7) is 12.5. The maximum atomic E-state index is 14.3. The van der Waals surface area contributed by atoms with Crippen molar-refractivity contribution in [3.05, 3.63) is 114 Å². The molecule has 1 aliphatic carbocycles. The number of aliphatic hydroxyl groups excluding tert-OH is 1. The molecule has 0 saturated heterocycles. The van der Waals surface area contributed by atoms with Crippen molar-refractivity contribution in [3.63, 3.8) is 0 Å². The fraction of sp³-hybridized carbons (Fsp3) is 0.302. The molecule has 1 aromatic heterocycles. The van der Waals surface area contributed by atoms with Crippen molar-refractivity contribution in [3.8, 4) is 11.3 Å². The summed E-state index contributed by atoms with van der Waals surface area (Å²) in [6.07, 6.45) is 6.74. The number of hydrogen-bond donors (Lipinski definition) is 1. The second-order valence-electron chi connectivity index (χ2n) is 13.4. The Kier molecular flexibility index (Phi) is 10.7. The molecule has 49 heavy (non-hydrogen) atoms. The summed E-state index contributed by atoms with van der Waals surface area (Å²) in [5.74, 6) is -1.11. The number of aromatic nitrogens is 1. The Morgan fingerprint density at radius 3 is 2.16 bits per heavy atom. The number of pyridine rings is 1. The quantitative estimate of drug-likeness (QED) is 0.0754. The number of carbonyl (C=O) groups excluding carboxylic acids is 1. The Labute approximate surface area is 300 Å². The van der Waals surface area contributed by atoms with Gasteiger partial charge in [0.2, 0.25) is 0 Å². The zero-order valence-corrected chi connectivity index (χ0v) is 31.3. The van der Waals surface area contributed by atoms with Gasteiger partial charge in [-0.05, 0) is 87.2 Å². The van der Waals surface area contributed by atoms with Crippen molar-refractivity contribution in [2.75, 3.05) is 0 Å². The van der Waals surface area contributed by atoms with Crippen molar-refractivity contribution in [2.45, 2.75) is 72.6 Å². The first-order valence-electron chi connectivity index (χ1n) is 17.1. The Bertz CT molecular complexity index is 2230. The van der Waals surface area contributed by atoms with Gasteiger partial charge in [0, 0.05) is 49.9 Å². The van der Waals surface area contributed by atoms with Gasteiger partial charge in [0.1, 0.15) is 0 Å². The van der Waals surface area contributed by atoms with Gasteiger partial charge in [0.05, 0.1) is 5.76 Å². The van der Waals surface area contributed by atoms with Gasteiger partial charge >= 0.3 is 0 Å². The Balaban J connectivity index is 0.000000252. The minimum atomic E-state index is -0.829. The molecule has 1 heterocycles. The van der Waals surface area contributed by atoms with Crippen LogP contribution in [0.3, 0.4) is 0 Å². The summed E-state index contributed by atoms with van der Waals surface area (Å²) in [4.78, 5) is 16.5. The van der Waals surface area contributed by atoms with E-state index in [0.717, 1.165) is 80.2 Å². The molecule has 1 aliphatic rings. The third-order valence-electron chi connectivity index (χ3n) is 10.4. The van der Waals surface area contributed by atoms with Gasteiger partial charge in [-0.25, -0.2) is 8.78 Å². The molecule has 0 atom stereocenters. The maximum Gasteiger partial charge on any atom is 0.162 e. The Hall–Kier alpha value is -3.99. The fourth-order valence-electron chi connectivity index (χ4n) is 7.36. The van der Waals surface area contributed by atoms with E-state index in [-0.39, 0.29) is 48.9 Å². The maximum absolute atomic E-state index is 14.3. The van der Waals surface area contributed by atoms with E-state index in [2.05, 4.69) is 44.2 Å². The van der Waals surface area contributed by atoms with Gasteiger partial charge < -0.3 is 5.11 Å². The number of rotatable bonds is 7. The molecule has 3 nitrogen and oxygen atoms in total. The standard InChI is InChI=1S/C30H18F2N.C13H24O2.Ir/c1-30(2)24-12-17-6-4-3-5-16(17)11-23(24)29-28-20(9-10-33-29)19-8-7-18-13-26(31)27(32)15-21(18)22(19)14-25(28)30;1-5-10(6-2)12(14)9-13(15)11(7-3)8-4;/h3-10,12-15H,1-2H3;9-11,14H,5-8H2,1-4H3;/q-1;;/b;12-9-;. The largest absolute Gasteiger partial charge is 0.512 e. The minimum Gasteiger partial charge on any atom is -0.512 e. The zero-order valence-electron chi connectivity index (χ0n) is 28.9. The van der Waals surface area contributed by atoms with Crippen LogP contribution in [-0.2, 0) is 30.3 Å². The minimum absolute atomic E-state index is 0. The van der Waals surface area contributed by atoms with Gasteiger partial charge in [-0.15, -0.1) is 23.6 Å². The van der Waals surface area contributed by atoms with Crippen LogP contribution >= 0.6 is 0 Å². The predicted molar refractivity (Wildman–Crippen MR) is 194 cm³/mol. The molecular weight excluding hydrogens is 793 g/mol. The molecule has 1 N–H and O–H groups in total. The molecule has 0 fully saturated rings. The SMILES string of the molecule is CC1(C)c2cc3ccccc3[c-]c2-c2nccc3c2c1cc1c2cc(F)c(F)cc2ccc31.CCC(CC)C(=O)/C=C(\O)C(CC)CC.[Ir]. The summed E-state index contributed by atoms with van der Waals surface area (Å²) in [5, 5.41) is 17.5. The second kappa shape index (κ2) is 14.5. The molecular formula is C43H42F2IrNO2-. The van der Waals surface area contributed by atoms with Crippen molar-refractivity contribution in [2.24, 2.45) is 11.8 Å². The first-order valence-corrected chi connectivity index (χ1v) is 17.1. The Morgan fingerprint density at radius 1 is 0.796 bits per heavy atom. The van der Waals surface area contributed by atoms with Crippen LogP contribution in [0.15, 0.2) is 84.8 Å². The van der Waals surface area contributed by atoms with Gasteiger partial charge in [-0.1, -0.05) is 94.5 Å². The van der Waals surface area contributed by atoms with Gasteiger partial charge in [0.25, 0.3) is 0 Å². The third-order valence-corrected chi connectivity index (χ3v) is 10.4. The average molecular weight is 835 g/mol. The van der Waals surface area contributed by atoms with E-state index in [1.54, 1.807) is 0 Å². The molecule has 0 bridgehead atoms. The number of carbonyl (C=O) groups is 1. The van der Waals surface area contributed by atoms with E-state index in [1.807, 2.05) is 64.2 Å². The number of benzene rings is 5.